The molecule has 0 aliphatic carbocycles. The van der Waals surface area contributed by atoms with E-state index >= 15 is 0 Å². The Hall–Kier alpha value is -1.83. The van der Waals surface area contributed by atoms with Gasteiger partial charge in [0.15, 0.2) is 9.84 Å². The van der Waals surface area contributed by atoms with Gasteiger partial charge in [0.2, 0.25) is 0 Å². The van der Waals surface area contributed by atoms with Crippen molar-refractivity contribution in [3.63, 3.8) is 0 Å². The molecule has 0 radical (unpaired) electrons. The van der Waals surface area contributed by atoms with Crippen LogP contribution in [-0.4, -0.2) is 45.8 Å². The van der Waals surface area contributed by atoms with E-state index in [1.165, 1.54) is 6.26 Å². The normalized spacial score (nSPS) is 15.6. The first-order chi connectivity index (χ1) is 12.4. The predicted molar refractivity (Wildman–Crippen MR) is 109 cm³/mol. The van der Waals surface area contributed by atoms with Gasteiger partial charge in [-0.1, -0.05) is 11.6 Å². The van der Waals surface area contributed by atoms with Crippen LogP contribution in [-0.2, 0) is 9.84 Å². The lowest BCUT2D eigenvalue weighted by atomic mass is 10.2. The van der Waals surface area contributed by atoms with Crippen LogP contribution in [0.25, 0.3) is 10.2 Å². The Bertz CT molecular complexity index is 1040. The second-order valence-electron chi connectivity index (χ2n) is 6.34. The smallest absolute Gasteiger partial charge is 0.175 e. The SMILES string of the molecule is CS(=O)(=O)c1ccc(N2CCN(c3csc4ccc(Cl)nc34)CC2)cc1. The molecular formula is C18H18ClN3O2S2. The fraction of sp³-hybridized carbons (Fsp3) is 0.278. The average molecular weight is 408 g/mol. The second kappa shape index (κ2) is 6.72. The van der Waals surface area contributed by atoms with E-state index in [4.69, 9.17) is 11.6 Å². The van der Waals surface area contributed by atoms with Gasteiger partial charge in [-0.15, -0.1) is 11.3 Å². The number of fused-ring (bicyclic) bond motifs is 1. The third-order valence-corrected chi connectivity index (χ3v) is 6.88. The number of benzene rings is 1. The first kappa shape index (κ1) is 17.6. The summed E-state index contributed by atoms with van der Waals surface area (Å²) in [6.07, 6.45) is 1.23. The number of pyridine rings is 1. The van der Waals surface area contributed by atoms with Gasteiger partial charge in [-0.3, -0.25) is 0 Å². The van der Waals surface area contributed by atoms with Crippen molar-refractivity contribution >= 4 is 54.4 Å². The van der Waals surface area contributed by atoms with Crippen LogP contribution in [0, 0.1) is 0 Å². The summed E-state index contributed by atoms with van der Waals surface area (Å²) >= 11 is 7.74. The number of rotatable bonds is 3. The van der Waals surface area contributed by atoms with Crippen molar-refractivity contribution in [3.8, 4) is 0 Å². The van der Waals surface area contributed by atoms with E-state index in [0.717, 1.165) is 47.8 Å². The van der Waals surface area contributed by atoms with Crippen LogP contribution < -0.4 is 9.80 Å². The minimum Gasteiger partial charge on any atom is -0.368 e. The lowest BCUT2D eigenvalue weighted by Crippen LogP contribution is -2.46. The van der Waals surface area contributed by atoms with Crippen LogP contribution in [0.4, 0.5) is 11.4 Å². The number of piperazine rings is 1. The number of thiophene rings is 1. The lowest BCUT2D eigenvalue weighted by Gasteiger charge is -2.37. The summed E-state index contributed by atoms with van der Waals surface area (Å²) in [5, 5.41) is 2.66. The van der Waals surface area contributed by atoms with Crippen LogP contribution in [0.15, 0.2) is 46.7 Å². The molecule has 2 aromatic heterocycles. The highest BCUT2D eigenvalue weighted by atomic mass is 35.5. The maximum Gasteiger partial charge on any atom is 0.175 e. The first-order valence-electron chi connectivity index (χ1n) is 8.25. The number of sulfone groups is 1. The van der Waals surface area contributed by atoms with Gasteiger partial charge in [-0.25, -0.2) is 13.4 Å². The summed E-state index contributed by atoms with van der Waals surface area (Å²) < 4.78 is 24.3. The molecule has 0 saturated carbocycles. The van der Waals surface area contributed by atoms with Gasteiger partial charge in [-0.2, -0.15) is 0 Å². The molecular weight excluding hydrogens is 390 g/mol. The molecule has 26 heavy (non-hydrogen) atoms. The van der Waals surface area contributed by atoms with E-state index in [0.29, 0.717) is 10.0 Å². The zero-order valence-corrected chi connectivity index (χ0v) is 16.6. The molecule has 1 fully saturated rings. The van der Waals surface area contributed by atoms with Gasteiger partial charge in [0.1, 0.15) is 10.7 Å². The Morgan fingerprint density at radius 3 is 2.31 bits per heavy atom. The minimum atomic E-state index is -3.16. The van der Waals surface area contributed by atoms with E-state index in [-0.39, 0.29) is 0 Å². The van der Waals surface area contributed by atoms with Crippen molar-refractivity contribution in [2.75, 3.05) is 42.2 Å². The van der Waals surface area contributed by atoms with E-state index in [2.05, 4.69) is 20.2 Å². The quantitative estimate of drug-likeness (QED) is 0.620. The number of nitrogens with zero attached hydrogens (tertiary/aromatic N) is 3. The molecule has 136 valence electrons. The molecule has 8 heteroatoms. The molecule has 1 saturated heterocycles. The summed E-state index contributed by atoms with van der Waals surface area (Å²) in [7, 11) is -3.16. The maximum absolute atomic E-state index is 11.6. The molecule has 3 aromatic rings. The van der Waals surface area contributed by atoms with Gasteiger partial charge in [0.05, 0.1) is 15.3 Å². The van der Waals surface area contributed by atoms with Crippen molar-refractivity contribution in [2.24, 2.45) is 0 Å². The molecule has 0 spiro atoms. The lowest BCUT2D eigenvalue weighted by molar-refractivity contribution is 0.602. The zero-order chi connectivity index (χ0) is 18.3. The Kier molecular flexibility index (Phi) is 4.54. The number of hydrogen-bond acceptors (Lipinski definition) is 6. The minimum absolute atomic E-state index is 0.354. The standard InChI is InChI=1S/C18H18ClN3O2S2/c1-26(23,24)14-4-2-13(3-5-14)21-8-10-22(11-9-21)15-12-25-16-6-7-17(19)20-18(15)16/h2-7,12H,8-11H2,1H3. The fourth-order valence-corrected chi connectivity index (χ4v) is 4.90. The van der Waals surface area contributed by atoms with Gasteiger partial charge in [0, 0.05) is 43.5 Å². The average Bonchev–Trinajstić information content (AvgIpc) is 3.04. The zero-order valence-electron chi connectivity index (χ0n) is 14.2. The third-order valence-electron chi connectivity index (χ3n) is 4.61. The molecule has 0 bridgehead atoms. The molecule has 1 aromatic carbocycles. The van der Waals surface area contributed by atoms with Crippen LogP contribution in [0.3, 0.4) is 0 Å². The number of aromatic nitrogens is 1. The Labute approximate surface area is 161 Å². The van der Waals surface area contributed by atoms with E-state index in [1.807, 2.05) is 24.3 Å². The van der Waals surface area contributed by atoms with Gasteiger partial charge < -0.3 is 9.80 Å². The second-order valence-corrected chi connectivity index (χ2v) is 9.66. The van der Waals surface area contributed by atoms with Gasteiger partial charge in [0.25, 0.3) is 0 Å². The topological polar surface area (TPSA) is 53.5 Å². The largest absolute Gasteiger partial charge is 0.368 e. The Morgan fingerprint density at radius 2 is 1.65 bits per heavy atom. The first-order valence-corrected chi connectivity index (χ1v) is 11.4. The van der Waals surface area contributed by atoms with E-state index in [9.17, 15) is 8.42 Å². The molecule has 0 amide bonds. The maximum atomic E-state index is 11.6. The summed E-state index contributed by atoms with van der Waals surface area (Å²) in [5.74, 6) is 0. The van der Waals surface area contributed by atoms with E-state index in [1.54, 1.807) is 23.5 Å². The highest BCUT2D eigenvalue weighted by Crippen LogP contribution is 2.33. The number of anilines is 2. The molecule has 0 atom stereocenters. The number of halogens is 1. The molecule has 0 N–H and O–H groups in total. The van der Waals surface area contributed by atoms with Crippen LogP contribution in [0.2, 0.25) is 5.15 Å². The third kappa shape index (κ3) is 3.39. The van der Waals surface area contributed by atoms with Crippen LogP contribution in [0.1, 0.15) is 0 Å². The van der Waals surface area contributed by atoms with Crippen molar-refractivity contribution in [1.29, 1.82) is 0 Å². The Morgan fingerprint density at radius 1 is 1.00 bits per heavy atom. The van der Waals surface area contributed by atoms with Gasteiger partial charge >= 0.3 is 0 Å². The van der Waals surface area contributed by atoms with Crippen molar-refractivity contribution in [2.45, 2.75) is 4.90 Å². The monoisotopic (exact) mass is 407 g/mol. The molecule has 5 nitrogen and oxygen atoms in total. The molecule has 1 aliphatic rings. The van der Waals surface area contributed by atoms with Crippen LogP contribution >= 0.6 is 22.9 Å². The molecule has 1 aliphatic heterocycles. The van der Waals surface area contributed by atoms with Gasteiger partial charge in [-0.05, 0) is 36.4 Å². The predicted octanol–water partition coefficient (Wildman–Crippen LogP) is 3.68. The Balaban J connectivity index is 1.49. The highest BCUT2D eigenvalue weighted by molar-refractivity contribution is 7.90. The fourth-order valence-electron chi connectivity index (χ4n) is 3.21. The summed E-state index contributed by atoms with van der Waals surface area (Å²) in [6, 6.07) is 11.0. The highest BCUT2D eigenvalue weighted by Gasteiger charge is 2.21. The molecule has 3 heterocycles. The van der Waals surface area contributed by atoms with Crippen molar-refractivity contribution < 1.29 is 8.42 Å². The number of hydrogen-bond donors (Lipinski definition) is 0. The van der Waals surface area contributed by atoms with Crippen LogP contribution in [0.5, 0.6) is 0 Å². The molecule has 4 rings (SSSR count). The summed E-state index contributed by atoms with van der Waals surface area (Å²) in [4.78, 5) is 9.45. The van der Waals surface area contributed by atoms with Crippen molar-refractivity contribution in [3.05, 3.63) is 46.9 Å². The molecule has 0 unspecified atom stereocenters. The summed E-state index contributed by atoms with van der Waals surface area (Å²) in [5.41, 5.74) is 3.15. The van der Waals surface area contributed by atoms with Crippen molar-refractivity contribution in [1.82, 2.24) is 4.98 Å². The summed E-state index contributed by atoms with van der Waals surface area (Å²) in [6.45, 7) is 3.51. The van der Waals surface area contributed by atoms with E-state index < -0.39 is 9.84 Å².